The van der Waals surface area contributed by atoms with Crippen LogP contribution in [-0.2, 0) is 17.6 Å². The molecule has 0 bridgehead atoms. The van der Waals surface area contributed by atoms with E-state index in [4.69, 9.17) is 4.74 Å². The molecule has 0 saturated heterocycles. The standard InChI is InChI=1S/C13H19N3O2Se/c1-4-18-13(17)12-11(14-15-16(2)3)9-7-5-6-8-10(9)19-12/h4-8H2,1-3H3. The van der Waals surface area contributed by atoms with Crippen molar-refractivity contribution in [3.05, 3.63) is 14.4 Å². The Morgan fingerprint density at radius 3 is 2.79 bits per heavy atom. The van der Waals surface area contributed by atoms with E-state index in [-0.39, 0.29) is 20.5 Å². The Kier molecular flexibility index (Phi) is 4.77. The Hall–Kier alpha value is -1.13. The van der Waals surface area contributed by atoms with Crippen LogP contribution >= 0.6 is 0 Å². The zero-order valence-corrected chi connectivity index (χ0v) is 13.3. The molecule has 0 saturated carbocycles. The monoisotopic (exact) mass is 329 g/mol. The van der Waals surface area contributed by atoms with Gasteiger partial charge >= 0.3 is 119 Å². The number of aryl methyl sites for hydroxylation is 1. The molecule has 0 N–H and O–H groups in total. The molecule has 2 rings (SSSR count). The van der Waals surface area contributed by atoms with Crippen molar-refractivity contribution in [1.29, 1.82) is 0 Å². The van der Waals surface area contributed by atoms with Gasteiger partial charge in [0.25, 0.3) is 0 Å². The number of hydrogen-bond donors (Lipinski definition) is 0. The van der Waals surface area contributed by atoms with Crippen LogP contribution in [0.25, 0.3) is 0 Å². The van der Waals surface area contributed by atoms with Crippen LogP contribution < -0.4 is 0 Å². The van der Waals surface area contributed by atoms with E-state index < -0.39 is 0 Å². The molecule has 0 fully saturated rings. The summed E-state index contributed by atoms with van der Waals surface area (Å²) in [5.41, 5.74) is 2.03. The van der Waals surface area contributed by atoms with E-state index in [9.17, 15) is 4.79 Å². The molecular formula is C13H19N3O2Se. The van der Waals surface area contributed by atoms with Gasteiger partial charge in [-0.2, -0.15) is 0 Å². The van der Waals surface area contributed by atoms with Gasteiger partial charge in [0, 0.05) is 0 Å². The summed E-state index contributed by atoms with van der Waals surface area (Å²) in [5.74, 6) is -0.218. The van der Waals surface area contributed by atoms with Gasteiger partial charge in [0.15, 0.2) is 0 Å². The molecule has 1 aliphatic rings. The summed E-state index contributed by atoms with van der Waals surface area (Å²) in [7, 11) is 3.65. The number of rotatable bonds is 4. The predicted molar refractivity (Wildman–Crippen MR) is 74.2 cm³/mol. The van der Waals surface area contributed by atoms with Crippen molar-refractivity contribution in [3.63, 3.8) is 0 Å². The second kappa shape index (κ2) is 6.35. The van der Waals surface area contributed by atoms with Crippen molar-refractivity contribution in [1.82, 2.24) is 5.01 Å². The Morgan fingerprint density at radius 2 is 2.11 bits per heavy atom. The second-order valence-corrected chi connectivity index (χ2v) is 6.96. The van der Waals surface area contributed by atoms with Gasteiger partial charge in [0.05, 0.1) is 0 Å². The van der Waals surface area contributed by atoms with E-state index in [2.05, 4.69) is 10.3 Å². The summed E-state index contributed by atoms with van der Waals surface area (Å²) in [6.45, 7) is 2.23. The summed E-state index contributed by atoms with van der Waals surface area (Å²) in [5, 5.41) is 9.98. The average molecular weight is 328 g/mol. The van der Waals surface area contributed by atoms with E-state index >= 15 is 0 Å². The van der Waals surface area contributed by atoms with Gasteiger partial charge in [0.2, 0.25) is 0 Å². The van der Waals surface area contributed by atoms with Gasteiger partial charge < -0.3 is 0 Å². The number of hydrogen-bond acceptors (Lipinski definition) is 4. The van der Waals surface area contributed by atoms with Crippen LogP contribution in [0.2, 0.25) is 0 Å². The average Bonchev–Trinajstić information content (AvgIpc) is 2.75. The van der Waals surface area contributed by atoms with Crippen LogP contribution in [0.15, 0.2) is 10.3 Å². The molecular weight excluding hydrogens is 309 g/mol. The molecule has 6 heteroatoms. The molecule has 1 aliphatic carbocycles. The maximum atomic E-state index is 12.0. The molecule has 0 aromatic carbocycles. The number of carbonyl (C=O) groups excluding carboxylic acids is 1. The third kappa shape index (κ3) is 3.25. The first-order valence-corrected chi connectivity index (χ1v) is 8.25. The first-order chi connectivity index (χ1) is 9.13. The SMILES string of the molecule is CCOC(=O)c1[se]c2c(c1N=NN(C)C)CCCC2. The zero-order valence-electron chi connectivity index (χ0n) is 11.6. The molecule has 19 heavy (non-hydrogen) atoms. The van der Waals surface area contributed by atoms with Gasteiger partial charge in [-0.3, -0.25) is 0 Å². The summed E-state index contributed by atoms with van der Waals surface area (Å²) in [4.78, 5) is 12.0. The quantitative estimate of drug-likeness (QED) is 0.369. The van der Waals surface area contributed by atoms with Crippen molar-refractivity contribution in [2.45, 2.75) is 32.6 Å². The molecule has 1 heterocycles. The number of fused-ring (bicyclic) bond motifs is 1. The molecule has 0 amide bonds. The van der Waals surface area contributed by atoms with E-state index in [1.165, 1.54) is 22.8 Å². The van der Waals surface area contributed by atoms with Crippen LogP contribution in [-0.4, -0.2) is 46.2 Å². The van der Waals surface area contributed by atoms with Crippen molar-refractivity contribution >= 4 is 26.2 Å². The first-order valence-electron chi connectivity index (χ1n) is 6.54. The topological polar surface area (TPSA) is 54.3 Å². The third-order valence-corrected chi connectivity index (χ3v) is 5.57. The van der Waals surface area contributed by atoms with E-state index in [0.29, 0.717) is 6.61 Å². The Bertz CT molecular complexity index is 494. The van der Waals surface area contributed by atoms with Gasteiger partial charge in [-0.15, -0.1) is 0 Å². The molecule has 0 aliphatic heterocycles. The van der Waals surface area contributed by atoms with Crippen LogP contribution in [0.5, 0.6) is 0 Å². The minimum absolute atomic E-state index is 0.0721. The van der Waals surface area contributed by atoms with Gasteiger partial charge in [-0.25, -0.2) is 0 Å². The predicted octanol–water partition coefficient (Wildman–Crippen LogP) is 2.36. The zero-order chi connectivity index (χ0) is 13.8. The molecule has 0 radical (unpaired) electrons. The van der Waals surface area contributed by atoms with Crippen LogP contribution in [0, 0.1) is 0 Å². The number of ether oxygens (including phenoxy) is 1. The first kappa shape index (κ1) is 14.3. The molecule has 1 aromatic heterocycles. The summed E-state index contributed by atoms with van der Waals surface area (Å²) in [6, 6.07) is 0. The number of nitrogens with zero attached hydrogens (tertiary/aromatic N) is 3. The Balaban J connectivity index is 2.40. The molecule has 0 unspecified atom stereocenters. The molecule has 0 atom stereocenters. The van der Waals surface area contributed by atoms with Gasteiger partial charge in [-0.05, 0) is 0 Å². The van der Waals surface area contributed by atoms with Gasteiger partial charge in [-0.1, -0.05) is 0 Å². The molecule has 5 nitrogen and oxygen atoms in total. The molecule has 1 aromatic rings. The molecule has 104 valence electrons. The van der Waals surface area contributed by atoms with E-state index in [1.54, 1.807) is 5.01 Å². The second-order valence-electron chi connectivity index (χ2n) is 4.65. The van der Waals surface area contributed by atoms with Gasteiger partial charge in [0.1, 0.15) is 0 Å². The third-order valence-electron chi connectivity index (χ3n) is 2.93. The minimum atomic E-state index is -0.218. The van der Waals surface area contributed by atoms with E-state index in [1.807, 2.05) is 21.0 Å². The molecule has 0 spiro atoms. The van der Waals surface area contributed by atoms with Crippen molar-refractivity contribution in [2.75, 3.05) is 20.7 Å². The fraction of sp³-hybridized carbons (Fsp3) is 0.615. The Labute approximate surface area is 119 Å². The number of carbonyl (C=O) groups is 1. The van der Waals surface area contributed by atoms with Crippen LogP contribution in [0.3, 0.4) is 0 Å². The van der Waals surface area contributed by atoms with Crippen molar-refractivity contribution in [3.8, 4) is 0 Å². The van der Waals surface area contributed by atoms with E-state index in [0.717, 1.165) is 23.0 Å². The normalized spacial score (nSPS) is 14.5. The van der Waals surface area contributed by atoms with Crippen molar-refractivity contribution < 1.29 is 9.53 Å². The van der Waals surface area contributed by atoms with Crippen LogP contribution in [0.4, 0.5) is 5.69 Å². The number of esters is 1. The maximum absolute atomic E-state index is 12.0. The summed E-state index contributed by atoms with van der Waals surface area (Å²) < 4.78 is 7.30. The summed E-state index contributed by atoms with van der Waals surface area (Å²) in [6.07, 6.45) is 4.50. The summed E-state index contributed by atoms with van der Waals surface area (Å²) >= 11 is 0.0721. The van der Waals surface area contributed by atoms with Crippen molar-refractivity contribution in [2.24, 2.45) is 10.3 Å². The fourth-order valence-electron chi connectivity index (χ4n) is 2.12. The fourth-order valence-corrected chi connectivity index (χ4v) is 4.68. The van der Waals surface area contributed by atoms with Crippen LogP contribution in [0.1, 0.15) is 39.0 Å². The Morgan fingerprint density at radius 1 is 1.37 bits per heavy atom.